The van der Waals surface area contributed by atoms with Gasteiger partial charge in [-0.3, -0.25) is 24.4 Å². The molecule has 2 aliphatic heterocycles. The van der Waals surface area contributed by atoms with Crippen molar-refractivity contribution in [1.29, 1.82) is 0 Å². The quantitative estimate of drug-likeness (QED) is 0.130. The first-order valence-electron chi connectivity index (χ1n) is 21.7. The van der Waals surface area contributed by atoms with E-state index in [-0.39, 0.29) is 47.3 Å². The molecule has 14 nitrogen and oxygen atoms in total. The molecule has 0 radical (unpaired) electrons. The van der Waals surface area contributed by atoms with Crippen LogP contribution < -0.4 is 10.7 Å². The summed E-state index contributed by atoms with van der Waals surface area (Å²) in [7, 11) is 3.70. The number of thiazole rings is 1. The Bertz CT molecular complexity index is 2190. The SMILES string of the molecule is CCn1c(-c2cccnc2[C@H](C)OC)c(CC(C)(C)COC(=O)[SiH3])c2cc(-c3csc(C[C@H](NC(=O)[C@H](C(C)C)N(C)C(=O)N4CCCC4)C(=O)N4CCCCN4)n3)ccc21. The van der Waals surface area contributed by atoms with E-state index in [4.69, 9.17) is 19.4 Å². The van der Waals surface area contributed by atoms with Crippen molar-refractivity contribution in [2.45, 2.75) is 105 Å². The van der Waals surface area contributed by atoms with E-state index in [0.29, 0.717) is 61.0 Å². The van der Waals surface area contributed by atoms with E-state index in [1.807, 2.05) is 32.2 Å². The number of urea groups is 1. The van der Waals surface area contributed by atoms with Crippen LogP contribution in [-0.4, -0.2) is 122 Å². The van der Waals surface area contributed by atoms with Crippen molar-refractivity contribution in [2.75, 3.05) is 46.9 Å². The number of likely N-dealkylation sites (tertiary alicyclic amines) is 1. The van der Waals surface area contributed by atoms with Crippen LogP contribution in [0, 0.1) is 11.3 Å². The molecule has 4 aromatic rings. The Labute approximate surface area is 367 Å². The van der Waals surface area contributed by atoms with Crippen LogP contribution in [-0.2, 0) is 38.4 Å². The molecule has 0 aliphatic carbocycles. The van der Waals surface area contributed by atoms with E-state index in [0.717, 1.165) is 70.4 Å². The molecular weight excluding hydrogens is 809 g/mol. The highest BCUT2D eigenvalue weighted by Gasteiger charge is 2.37. The smallest absolute Gasteiger partial charge is 0.320 e. The summed E-state index contributed by atoms with van der Waals surface area (Å²) in [5.41, 5.74) is 9.43. The molecule has 1 aromatic carbocycles. The van der Waals surface area contributed by atoms with Crippen LogP contribution in [0.2, 0.25) is 0 Å². The molecular formula is C45H64N8O6SSi. The maximum atomic E-state index is 14.2. The lowest BCUT2D eigenvalue weighted by molar-refractivity contribution is -0.141. The van der Waals surface area contributed by atoms with E-state index in [1.54, 1.807) is 30.3 Å². The molecule has 2 saturated heterocycles. The molecule has 0 spiro atoms. The molecule has 2 N–H and O–H groups in total. The molecule has 2 aliphatic rings. The minimum absolute atomic E-state index is 0.169. The molecule has 0 saturated carbocycles. The topological polar surface area (TPSA) is 151 Å². The maximum absolute atomic E-state index is 14.2. The van der Waals surface area contributed by atoms with Crippen molar-refractivity contribution < 1.29 is 28.7 Å². The number of nitrogens with one attached hydrogen (secondary N) is 2. The summed E-state index contributed by atoms with van der Waals surface area (Å²) >= 11 is 1.46. The second kappa shape index (κ2) is 20.0. The fourth-order valence-corrected chi connectivity index (χ4v) is 9.68. The number of rotatable bonds is 16. The van der Waals surface area contributed by atoms with Crippen LogP contribution in [0.15, 0.2) is 41.9 Å². The fraction of sp³-hybridized carbons (Fsp3) is 0.556. The molecule has 61 heavy (non-hydrogen) atoms. The summed E-state index contributed by atoms with van der Waals surface area (Å²) in [5, 5.41) is 8.47. The zero-order valence-corrected chi connectivity index (χ0v) is 40.2. The number of likely N-dealkylation sites (N-methyl/N-ethyl adjacent to an activating group) is 1. The Hall–Kier alpha value is -4.64. The molecule has 3 aromatic heterocycles. The number of aromatic nitrogens is 3. The van der Waals surface area contributed by atoms with Crippen molar-refractivity contribution in [3.63, 3.8) is 0 Å². The average molecular weight is 873 g/mol. The van der Waals surface area contributed by atoms with Gasteiger partial charge < -0.3 is 29.2 Å². The van der Waals surface area contributed by atoms with E-state index >= 15 is 0 Å². The van der Waals surface area contributed by atoms with Crippen LogP contribution in [0.3, 0.4) is 0 Å². The van der Waals surface area contributed by atoms with Crippen molar-refractivity contribution in [2.24, 2.45) is 11.3 Å². The normalized spacial score (nSPS) is 16.2. The number of carbonyl (C=O) groups excluding carboxylic acids is 4. The first-order chi connectivity index (χ1) is 29.1. The summed E-state index contributed by atoms with van der Waals surface area (Å²) < 4.78 is 13.7. The van der Waals surface area contributed by atoms with Gasteiger partial charge in [-0.2, -0.15) is 0 Å². The zero-order valence-electron chi connectivity index (χ0n) is 37.4. The summed E-state index contributed by atoms with van der Waals surface area (Å²) in [5.74, 6) is -0.768. The van der Waals surface area contributed by atoms with Gasteiger partial charge in [-0.05, 0) is 81.7 Å². The highest BCUT2D eigenvalue weighted by molar-refractivity contribution is 7.10. The Morgan fingerprint density at radius 1 is 1.07 bits per heavy atom. The van der Waals surface area contributed by atoms with Gasteiger partial charge >= 0.3 is 6.03 Å². The third kappa shape index (κ3) is 10.5. The summed E-state index contributed by atoms with van der Waals surface area (Å²) in [4.78, 5) is 66.9. The Balaban J connectivity index is 1.36. The number of methoxy groups -OCH3 is 1. The summed E-state index contributed by atoms with van der Waals surface area (Å²) in [6.07, 6.45) is 6.11. The first kappa shape index (κ1) is 45.9. The standard InChI is InChI=1S/C45H64N8O6SSi/c1-9-52-36-17-16-30(23-32(36)33(25-45(5,6)27-59-44(57)61)40(52)31-15-14-18-46-38(31)29(4)58-8)35-26-60-37(48-35)24-34(42(55)53-22-11-10-19-47-53)49-41(54)39(28(2)3)50(7)43(56)51-20-12-13-21-51/h14-18,23,26,28-29,34,39,47H,9-13,19-22,24-25,27H2,1-8,61H3,(H,49,54)/t29-,34-,39-/m0/s1. The number of ether oxygens (including phenoxy) is 2. The number of aryl methyl sites for hydroxylation is 1. The van der Waals surface area contributed by atoms with Crippen molar-refractivity contribution >= 4 is 55.9 Å². The minimum atomic E-state index is -0.894. The van der Waals surface area contributed by atoms with Crippen LogP contribution in [0.5, 0.6) is 0 Å². The van der Waals surface area contributed by atoms with Crippen LogP contribution in [0.4, 0.5) is 9.59 Å². The number of carbonyl (C=O) groups is 4. The van der Waals surface area contributed by atoms with E-state index in [1.165, 1.54) is 16.2 Å². The molecule has 6 rings (SSSR count). The minimum Gasteiger partial charge on any atom is -0.470 e. The lowest BCUT2D eigenvalue weighted by atomic mass is 9.84. The van der Waals surface area contributed by atoms with Crippen molar-refractivity contribution in [3.8, 4) is 22.5 Å². The summed E-state index contributed by atoms with van der Waals surface area (Å²) in [6.45, 7) is 15.8. The highest BCUT2D eigenvalue weighted by Crippen LogP contribution is 2.42. The third-order valence-electron chi connectivity index (χ3n) is 11.9. The van der Waals surface area contributed by atoms with Crippen LogP contribution >= 0.6 is 11.3 Å². The molecule has 0 unspecified atom stereocenters. The number of benzene rings is 1. The van der Waals surface area contributed by atoms with Gasteiger partial charge in [0.05, 0.1) is 34.8 Å². The van der Waals surface area contributed by atoms with Gasteiger partial charge in [0.15, 0.2) is 0 Å². The highest BCUT2D eigenvalue weighted by atomic mass is 32.1. The number of amides is 4. The molecule has 4 amide bonds. The van der Waals surface area contributed by atoms with E-state index < -0.39 is 12.1 Å². The Morgan fingerprint density at radius 2 is 1.80 bits per heavy atom. The van der Waals surface area contributed by atoms with Crippen LogP contribution in [0.25, 0.3) is 33.4 Å². The Morgan fingerprint density at radius 3 is 2.46 bits per heavy atom. The first-order valence-corrected chi connectivity index (χ1v) is 23.6. The third-order valence-corrected chi connectivity index (χ3v) is 13.0. The second-order valence-corrected chi connectivity index (χ2v) is 19.3. The van der Waals surface area contributed by atoms with Crippen molar-refractivity contribution in [3.05, 3.63) is 58.2 Å². The average Bonchev–Trinajstić information content (AvgIpc) is 4.02. The van der Waals surface area contributed by atoms with Gasteiger partial charge in [-0.15, -0.1) is 11.3 Å². The number of nitrogens with zero attached hydrogens (tertiary/aromatic N) is 6. The molecule has 330 valence electrons. The summed E-state index contributed by atoms with van der Waals surface area (Å²) in [6, 6.07) is 8.64. The van der Waals surface area contributed by atoms with E-state index in [9.17, 15) is 19.2 Å². The maximum Gasteiger partial charge on any atom is 0.320 e. The van der Waals surface area contributed by atoms with Gasteiger partial charge in [0.2, 0.25) is 5.91 Å². The zero-order chi connectivity index (χ0) is 44.0. The van der Waals surface area contributed by atoms with Crippen LogP contribution in [0.1, 0.15) is 89.6 Å². The van der Waals surface area contributed by atoms with Gasteiger partial charge in [-0.1, -0.05) is 33.8 Å². The molecule has 3 atom stereocenters. The van der Waals surface area contributed by atoms with E-state index in [2.05, 4.69) is 60.3 Å². The second-order valence-electron chi connectivity index (χ2n) is 17.5. The molecule has 16 heteroatoms. The fourth-order valence-electron chi connectivity index (χ4n) is 8.69. The Kier molecular flexibility index (Phi) is 15.1. The number of hydrogen-bond acceptors (Lipinski definition) is 10. The molecule has 2 fully saturated rings. The lowest BCUT2D eigenvalue weighted by Crippen LogP contribution is -2.60. The number of pyridine rings is 1. The lowest BCUT2D eigenvalue weighted by Gasteiger charge is -2.35. The van der Waals surface area contributed by atoms with Gasteiger partial charge in [0, 0.05) is 92.3 Å². The molecule has 0 bridgehead atoms. The van der Waals surface area contributed by atoms with Crippen molar-refractivity contribution in [1.82, 2.24) is 40.1 Å². The predicted octanol–water partition coefficient (Wildman–Crippen LogP) is 5.95. The van der Waals surface area contributed by atoms with Gasteiger partial charge in [-0.25, -0.2) is 15.2 Å². The number of hydrazine groups is 1. The largest absolute Gasteiger partial charge is 0.470 e. The number of fused-ring (bicyclic) bond motifs is 1. The van der Waals surface area contributed by atoms with Gasteiger partial charge in [0.1, 0.15) is 22.3 Å². The van der Waals surface area contributed by atoms with Gasteiger partial charge in [0.25, 0.3) is 11.5 Å². The molecule has 5 heterocycles. The monoisotopic (exact) mass is 872 g/mol. The predicted molar refractivity (Wildman–Crippen MR) is 243 cm³/mol. The number of hydrogen-bond donors (Lipinski definition) is 2.